The Morgan fingerprint density at radius 2 is 1.31 bits per heavy atom. The minimum Gasteiger partial charge on any atom is -0.414 e. The van der Waals surface area contributed by atoms with Crippen molar-refractivity contribution in [3.8, 4) is 0 Å². The normalized spacial score (nSPS) is 15.2. The number of hydrogen-bond acceptors (Lipinski definition) is 3. The Morgan fingerprint density at radius 1 is 0.793 bits per heavy atom. The van der Waals surface area contributed by atoms with Crippen LogP contribution in [0.25, 0.3) is 0 Å². The van der Waals surface area contributed by atoms with E-state index in [0.717, 1.165) is 6.42 Å². The number of aliphatic hydroxyl groups excluding tert-OH is 2. The topological polar surface area (TPSA) is 49.7 Å². The molecule has 0 aliphatic rings. The standard InChI is InChI=1S/C25H52O3Si/c1-7-8-9-10-11-12-13-14-15-16-17-18-19-20-23(26)21-24(27)22-28-29(5,6)25(2,3)4/h18-19,23-24,26-27H,7-17,20-22H2,1-6H3/b19-18+/t23-,24-/m0/s1. The van der Waals surface area contributed by atoms with E-state index in [0.29, 0.717) is 19.4 Å². The highest BCUT2D eigenvalue weighted by Gasteiger charge is 2.37. The fraction of sp³-hybridized carbons (Fsp3) is 0.920. The van der Waals surface area contributed by atoms with E-state index in [4.69, 9.17) is 4.43 Å². The van der Waals surface area contributed by atoms with Crippen molar-refractivity contribution in [2.24, 2.45) is 0 Å². The largest absolute Gasteiger partial charge is 0.414 e. The van der Waals surface area contributed by atoms with Crippen molar-refractivity contribution in [1.82, 2.24) is 0 Å². The number of allylic oxidation sites excluding steroid dienone is 1. The molecule has 0 aromatic heterocycles. The lowest BCUT2D eigenvalue weighted by atomic mass is 10.1. The van der Waals surface area contributed by atoms with Crippen LogP contribution in [0.4, 0.5) is 0 Å². The highest BCUT2D eigenvalue weighted by molar-refractivity contribution is 6.74. The summed E-state index contributed by atoms with van der Waals surface area (Å²) in [7, 11) is -1.84. The summed E-state index contributed by atoms with van der Waals surface area (Å²) < 4.78 is 6.04. The molecule has 0 aromatic rings. The lowest BCUT2D eigenvalue weighted by Crippen LogP contribution is -2.43. The van der Waals surface area contributed by atoms with Gasteiger partial charge >= 0.3 is 0 Å². The molecule has 29 heavy (non-hydrogen) atoms. The van der Waals surface area contributed by atoms with Crippen molar-refractivity contribution in [2.45, 2.75) is 142 Å². The van der Waals surface area contributed by atoms with Crippen molar-refractivity contribution in [3.05, 3.63) is 12.2 Å². The van der Waals surface area contributed by atoms with Gasteiger partial charge in [0.15, 0.2) is 8.32 Å². The van der Waals surface area contributed by atoms with Gasteiger partial charge in [0.25, 0.3) is 0 Å². The average molecular weight is 429 g/mol. The van der Waals surface area contributed by atoms with Crippen molar-refractivity contribution >= 4 is 8.32 Å². The zero-order valence-electron chi connectivity index (χ0n) is 20.5. The Kier molecular flexibility index (Phi) is 16.4. The fourth-order valence-electron chi connectivity index (χ4n) is 3.12. The van der Waals surface area contributed by atoms with E-state index in [1.807, 2.05) is 0 Å². The molecule has 0 heterocycles. The first-order valence-electron chi connectivity index (χ1n) is 12.2. The van der Waals surface area contributed by atoms with Crippen LogP contribution >= 0.6 is 0 Å². The first-order chi connectivity index (χ1) is 13.6. The number of aliphatic hydroxyl groups is 2. The van der Waals surface area contributed by atoms with Crippen LogP contribution in [0.15, 0.2) is 12.2 Å². The molecule has 0 fully saturated rings. The number of rotatable bonds is 18. The summed E-state index contributed by atoms with van der Waals surface area (Å²) in [5.74, 6) is 0. The van der Waals surface area contributed by atoms with Gasteiger partial charge in [0.1, 0.15) is 0 Å². The van der Waals surface area contributed by atoms with E-state index in [9.17, 15) is 10.2 Å². The van der Waals surface area contributed by atoms with Crippen molar-refractivity contribution < 1.29 is 14.6 Å². The molecule has 0 unspecified atom stereocenters. The molecule has 0 saturated heterocycles. The van der Waals surface area contributed by atoms with Crippen molar-refractivity contribution in [3.63, 3.8) is 0 Å². The molecule has 3 nitrogen and oxygen atoms in total. The maximum atomic E-state index is 10.2. The minimum absolute atomic E-state index is 0.142. The van der Waals surface area contributed by atoms with Gasteiger partial charge in [-0.05, 0) is 37.4 Å². The quantitative estimate of drug-likeness (QED) is 0.136. The van der Waals surface area contributed by atoms with Crippen LogP contribution in [0.1, 0.15) is 111 Å². The minimum atomic E-state index is -1.84. The van der Waals surface area contributed by atoms with Crippen LogP contribution in [0.3, 0.4) is 0 Å². The van der Waals surface area contributed by atoms with Crippen LogP contribution in [-0.4, -0.2) is 37.3 Å². The molecule has 174 valence electrons. The third kappa shape index (κ3) is 16.2. The summed E-state index contributed by atoms with van der Waals surface area (Å²) in [5.41, 5.74) is 0. The second-order valence-electron chi connectivity index (χ2n) is 10.3. The van der Waals surface area contributed by atoms with Gasteiger partial charge in [-0.3, -0.25) is 0 Å². The fourth-order valence-corrected chi connectivity index (χ4v) is 4.16. The van der Waals surface area contributed by atoms with Gasteiger partial charge in [0, 0.05) is 6.42 Å². The lowest BCUT2D eigenvalue weighted by Gasteiger charge is -2.36. The predicted molar refractivity (Wildman–Crippen MR) is 130 cm³/mol. The zero-order valence-corrected chi connectivity index (χ0v) is 21.5. The first kappa shape index (κ1) is 28.8. The molecule has 0 rings (SSSR count). The van der Waals surface area contributed by atoms with E-state index in [1.165, 1.54) is 64.2 Å². The third-order valence-corrected chi connectivity index (χ3v) is 10.8. The van der Waals surface area contributed by atoms with E-state index < -0.39 is 20.5 Å². The van der Waals surface area contributed by atoms with Crippen molar-refractivity contribution in [1.29, 1.82) is 0 Å². The SMILES string of the molecule is CCCCCCCCCCCC/C=C/C[C@H](O)C[C@H](O)CO[Si](C)(C)C(C)(C)C. The van der Waals surface area contributed by atoms with Gasteiger partial charge in [-0.2, -0.15) is 0 Å². The Labute approximate surface area is 183 Å². The van der Waals surface area contributed by atoms with Crippen LogP contribution in [0.2, 0.25) is 18.1 Å². The van der Waals surface area contributed by atoms with Crippen LogP contribution in [0, 0.1) is 0 Å². The molecular weight excluding hydrogens is 376 g/mol. The van der Waals surface area contributed by atoms with E-state index in [2.05, 4.69) is 52.9 Å². The molecule has 0 aliphatic carbocycles. The molecule has 4 heteroatoms. The molecule has 0 bridgehead atoms. The van der Waals surface area contributed by atoms with Crippen molar-refractivity contribution in [2.75, 3.05) is 6.61 Å². The van der Waals surface area contributed by atoms with Crippen LogP contribution < -0.4 is 0 Å². The molecule has 0 spiro atoms. The zero-order chi connectivity index (χ0) is 22.2. The Hall–Kier alpha value is -0.163. The molecule has 0 aromatic carbocycles. The maximum Gasteiger partial charge on any atom is 0.192 e. The van der Waals surface area contributed by atoms with Gasteiger partial charge in [-0.25, -0.2) is 0 Å². The summed E-state index contributed by atoms with van der Waals surface area (Å²) in [6, 6.07) is 0. The molecule has 0 amide bonds. The van der Waals surface area contributed by atoms with Gasteiger partial charge in [-0.1, -0.05) is 97.6 Å². The first-order valence-corrected chi connectivity index (χ1v) is 15.2. The van der Waals surface area contributed by atoms with Gasteiger partial charge in [0.05, 0.1) is 18.8 Å². The Balaban J connectivity index is 3.65. The molecule has 0 aliphatic heterocycles. The summed E-state index contributed by atoms with van der Waals surface area (Å²) in [4.78, 5) is 0. The van der Waals surface area contributed by atoms with Crippen LogP contribution in [-0.2, 0) is 4.43 Å². The van der Waals surface area contributed by atoms with Gasteiger partial charge < -0.3 is 14.6 Å². The second-order valence-corrected chi connectivity index (χ2v) is 15.1. The Morgan fingerprint density at radius 3 is 1.83 bits per heavy atom. The summed E-state index contributed by atoms with van der Waals surface area (Å²) in [6.07, 6.45) is 18.9. The Bertz CT molecular complexity index is 401. The number of unbranched alkanes of at least 4 members (excludes halogenated alkanes) is 10. The van der Waals surface area contributed by atoms with E-state index in [-0.39, 0.29) is 5.04 Å². The molecule has 0 radical (unpaired) electrons. The predicted octanol–water partition coefficient (Wildman–Crippen LogP) is 7.38. The highest BCUT2D eigenvalue weighted by atomic mass is 28.4. The third-order valence-electron chi connectivity index (χ3n) is 6.29. The molecule has 2 N–H and O–H groups in total. The summed E-state index contributed by atoms with van der Waals surface area (Å²) in [5, 5.41) is 20.4. The second kappa shape index (κ2) is 16.5. The average Bonchev–Trinajstić information content (AvgIpc) is 2.63. The van der Waals surface area contributed by atoms with Crippen LogP contribution in [0.5, 0.6) is 0 Å². The van der Waals surface area contributed by atoms with E-state index in [1.54, 1.807) is 0 Å². The summed E-state index contributed by atoms with van der Waals surface area (Å²) >= 11 is 0. The van der Waals surface area contributed by atoms with E-state index >= 15 is 0 Å². The smallest absolute Gasteiger partial charge is 0.192 e. The lowest BCUT2D eigenvalue weighted by molar-refractivity contribution is 0.0462. The summed E-state index contributed by atoms with van der Waals surface area (Å²) in [6.45, 7) is 13.6. The monoisotopic (exact) mass is 428 g/mol. The molecule has 0 saturated carbocycles. The number of hydrogen-bond donors (Lipinski definition) is 2. The molecule has 2 atom stereocenters. The highest BCUT2D eigenvalue weighted by Crippen LogP contribution is 2.36. The molecular formula is C25H52O3Si. The maximum absolute atomic E-state index is 10.2. The van der Waals surface area contributed by atoms with Gasteiger partial charge in [0.2, 0.25) is 0 Å². The van der Waals surface area contributed by atoms with Gasteiger partial charge in [-0.15, -0.1) is 0 Å².